The Labute approximate surface area is 122 Å². The number of rotatable bonds is 6. The lowest BCUT2D eigenvalue weighted by Gasteiger charge is -2.04. The average Bonchev–Trinajstić information content (AvgIpc) is 2.81. The maximum atomic E-state index is 5.90. The van der Waals surface area contributed by atoms with Crippen molar-refractivity contribution < 1.29 is 4.74 Å². The molecule has 0 amide bonds. The summed E-state index contributed by atoms with van der Waals surface area (Å²) in [4.78, 5) is 5.76. The van der Waals surface area contributed by atoms with Gasteiger partial charge in [0.2, 0.25) is 0 Å². The number of hydrogen-bond acceptors (Lipinski definition) is 4. The summed E-state index contributed by atoms with van der Waals surface area (Å²) in [7, 11) is 0. The molecule has 0 radical (unpaired) electrons. The minimum Gasteiger partial charge on any atom is -0.493 e. The predicted molar refractivity (Wildman–Crippen MR) is 80.0 cm³/mol. The number of nitrogens with two attached hydrogens (primary N) is 1. The van der Waals surface area contributed by atoms with Gasteiger partial charge >= 0.3 is 0 Å². The van der Waals surface area contributed by atoms with Crippen LogP contribution in [0.4, 0.5) is 0 Å². The summed E-state index contributed by atoms with van der Waals surface area (Å²) in [6, 6.07) is 7.42. The molecule has 2 rings (SSSR count). The smallest absolute Gasteiger partial charge is 0.120 e. The lowest BCUT2D eigenvalue weighted by molar-refractivity contribution is 0.321. The number of halogens is 1. The number of ether oxygens (including phenoxy) is 1. The van der Waals surface area contributed by atoms with E-state index in [1.807, 2.05) is 24.3 Å². The third-order valence-electron chi connectivity index (χ3n) is 2.72. The van der Waals surface area contributed by atoms with Gasteiger partial charge < -0.3 is 10.5 Å². The highest BCUT2D eigenvalue weighted by Gasteiger charge is 2.08. The Kier molecular flexibility index (Phi) is 5.19. The first-order chi connectivity index (χ1) is 9.22. The van der Waals surface area contributed by atoms with Crippen LogP contribution >= 0.6 is 22.9 Å². The van der Waals surface area contributed by atoms with Gasteiger partial charge in [-0.2, -0.15) is 0 Å². The second kappa shape index (κ2) is 6.89. The second-order valence-corrected chi connectivity index (χ2v) is 5.70. The van der Waals surface area contributed by atoms with Gasteiger partial charge in [0.1, 0.15) is 5.75 Å². The molecule has 5 heteroatoms. The van der Waals surface area contributed by atoms with Crippen LogP contribution in [0, 0.1) is 0 Å². The molecule has 0 aliphatic heterocycles. The molecule has 0 unspecified atom stereocenters. The Bertz CT molecular complexity index is 520. The first-order valence-electron chi connectivity index (χ1n) is 6.28. The highest BCUT2D eigenvalue weighted by Crippen LogP contribution is 2.20. The summed E-state index contributed by atoms with van der Waals surface area (Å²) in [5, 5.41) is 1.77. The van der Waals surface area contributed by atoms with Crippen molar-refractivity contribution in [2.75, 3.05) is 6.61 Å². The van der Waals surface area contributed by atoms with Crippen molar-refractivity contribution in [2.24, 2.45) is 5.73 Å². The van der Waals surface area contributed by atoms with Crippen molar-refractivity contribution in [3.8, 4) is 5.75 Å². The van der Waals surface area contributed by atoms with Crippen molar-refractivity contribution >= 4 is 22.9 Å². The zero-order valence-electron chi connectivity index (χ0n) is 10.9. The molecule has 0 atom stereocenters. The van der Waals surface area contributed by atoms with Crippen molar-refractivity contribution in [2.45, 2.75) is 26.3 Å². The molecule has 1 heterocycles. The van der Waals surface area contributed by atoms with Gasteiger partial charge in [-0.05, 0) is 24.6 Å². The van der Waals surface area contributed by atoms with E-state index in [1.54, 1.807) is 11.3 Å². The van der Waals surface area contributed by atoms with Crippen LogP contribution in [0.5, 0.6) is 5.75 Å². The fraction of sp³-hybridized carbons (Fsp3) is 0.357. The summed E-state index contributed by atoms with van der Waals surface area (Å²) in [6.07, 6.45) is 1.72. The maximum absolute atomic E-state index is 5.90. The van der Waals surface area contributed by atoms with Crippen molar-refractivity contribution in [1.82, 2.24) is 4.98 Å². The Balaban J connectivity index is 1.90. The van der Waals surface area contributed by atoms with E-state index in [-0.39, 0.29) is 0 Å². The van der Waals surface area contributed by atoms with E-state index in [0.29, 0.717) is 18.2 Å². The lowest BCUT2D eigenvalue weighted by Crippen LogP contribution is -2.01. The van der Waals surface area contributed by atoms with Crippen molar-refractivity contribution in [1.29, 1.82) is 0 Å². The molecule has 0 spiro atoms. The standard InChI is InChI=1S/C14H17ClN2OS/c1-2-12-13(9-16)19-14(17-12)6-7-18-11-5-3-4-10(15)8-11/h3-5,8H,2,6-7,9,16H2,1H3. The van der Waals surface area contributed by atoms with Crippen LogP contribution < -0.4 is 10.5 Å². The zero-order valence-corrected chi connectivity index (χ0v) is 12.4. The SMILES string of the molecule is CCc1nc(CCOc2cccc(Cl)c2)sc1CN. The molecule has 102 valence electrons. The van der Waals surface area contributed by atoms with Crippen LogP contribution in [-0.4, -0.2) is 11.6 Å². The number of benzene rings is 1. The largest absolute Gasteiger partial charge is 0.493 e. The zero-order chi connectivity index (χ0) is 13.7. The monoisotopic (exact) mass is 296 g/mol. The van der Waals surface area contributed by atoms with Gasteiger partial charge in [0.25, 0.3) is 0 Å². The molecular formula is C14H17ClN2OS. The Morgan fingerprint density at radius 1 is 1.42 bits per heavy atom. The van der Waals surface area contributed by atoms with Crippen LogP contribution in [0.25, 0.3) is 0 Å². The van der Waals surface area contributed by atoms with E-state index in [2.05, 4.69) is 11.9 Å². The Morgan fingerprint density at radius 3 is 2.89 bits per heavy atom. The predicted octanol–water partition coefficient (Wildman–Crippen LogP) is 3.44. The number of nitrogens with zero attached hydrogens (tertiary/aromatic N) is 1. The molecule has 1 aromatic heterocycles. The van der Waals surface area contributed by atoms with E-state index in [4.69, 9.17) is 22.1 Å². The maximum Gasteiger partial charge on any atom is 0.120 e. The summed E-state index contributed by atoms with van der Waals surface area (Å²) >= 11 is 7.58. The van der Waals surface area contributed by atoms with E-state index in [9.17, 15) is 0 Å². The van der Waals surface area contributed by atoms with Crippen LogP contribution in [-0.2, 0) is 19.4 Å². The van der Waals surface area contributed by atoms with Gasteiger partial charge in [-0.25, -0.2) is 4.98 Å². The lowest BCUT2D eigenvalue weighted by atomic mass is 10.3. The van der Waals surface area contributed by atoms with Gasteiger partial charge in [-0.1, -0.05) is 24.6 Å². The van der Waals surface area contributed by atoms with Gasteiger partial charge in [0.05, 0.1) is 17.3 Å². The van der Waals surface area contributed by atoms with Gasteiger partial charge in [0.15, 0.2) is 0 Å². The summed E-state index contributed by atoms with van der Waals surface area (Å²) in [5.41, 5.74) is 6.82. The normalized spacial score (nSPS) is 10.7. The minimum absolute atomic E-state index is 0.565. The van der Waals surface area contributed by atoms with Crippen molar-refractivity contribution in [3.63, 3.8) is 0 Å². The first-order valence-corrected chi connectivity index (χ1v) is 7.48. The fourth-order valence-corrected chi connectivity index (χ4v) is 2.99. The number of aromatic nitrogens is 1. The first kappa shape index (κ1) is 14.3. The molecule has 0 aliphatic rings. The number of aryl methyl sites for hydroxylation is 1. The Morgan fingerprint density at radius 2 is 2.26 bits per heavy atom. The number of hydrogen-bond donors (Lipinski definition) is 1. The van der Waals surface area contributed by atoms with Crippen LogP contribution in [0.3, 0.4) is 0 Å². The van der Waals surface area contributed by atoms with Gasteiger partial charge in [-0.15, -0.1) is 11.3 Å². The third-order valence-corrected chi connectivity index (χ3v) is 4.14. The summed E-state index contributed by atoms with van der Waals surface area (Å²) in [6.45, 7) is 3.26. The van der Waals surface area contributed by atoms with E-state index >= 15 is 0 Å². The van der Waals surface area contributed by atoms with Crippen molar-refractivity contribution in [3.05, 3.63) is 44.9 Å². The molecule has 0 fully saturated rings. The molecule has 2 aromatic rings. The van der Waals surface area contributed by atoms with Crippen LogP contribution in [0.2, 0.25) is 5.02 Å². The molecule has 0 saturated heterocycles. The molecule has 2 N–H and O–H groups in total. The Hall–Kier alpha value is -1.10. The third kappa shape index (κ3) is 3.93. The summed E-state index contributed by atoms with van der Waals surface area (Å²) in [5.74, 6) is 0.791. The fourth-order valence-electron chi connectivity index (χ4n) is 1.79. The van der Waals surface area contributed by atoms with Gasteiger partial charge in [0, 0.05) is 22.9 Å². The minimum atomic E-state index is 0.565. The topological polar surface area (TPSA) is 48.1 Å². The highest BCUT2D eigenvalue weighted by atomic mass is 35.5. The van der Waals surface area contributed by atoms with E-state index in [1.165, 1.54) is 4.88 Å². The van der Waals surface area contributed by atoms with E-state index < -0.39 is 0 Å². The van der Waals surface area contributed by atoms with Crippen LogP contribution in [0.1, 0.15) is 22.5 Å². The number of thiazole rings is 1. The molecule has 0 saturated carbocycles. The second-order valence-electron chi connectivity index (χ2n) is 4.09. The van der Waals surface area contributed by atoms with Gasteiger partial charge in [-0.3, -0.25) is 0 Å². The summed E-state index contributed by atoms with van der Waals surface area (Å²) < 4.78 is 5.66. The molecule has 3 nitrogen and oxygen atoms in total. The molecular weight excluding hydrogens is 280 g/mol. The average molecular weight is 297 g/mol. The molecule has 0 bridgehead atoms. The molecule has 1 aromatic carbocycles. The van der Waals surface area contributed by atoms with E-state index in [0.717, 1.165) is 29.3 Å². The quantitative estimate of drug-likeness (QED) is 0.888. The molecule has 19 heavy (non-hydrogen) atoms. The van der Waals surface area contributed by atoms with Crippen LogP contribution in [0.15, 0.2) is 24.3 Å². The highest BCUT2D eigenvalue weighted by molar-refractivity contribution is 7.11. The molecule has 0 aliphatic carbocycles.